The lowest BCUT2D eigenvalue weighted by Gasteiger charge is -2.29. The summed E-state index contributed by atoms with van der Waals surface area (Å²) in [7, 11) is 0. The van der Waals surface area contributed by atoms with E-state index in [1.54, 1.807) is 29.2 Å². The fourth-order valence-electron chi connectivity index (χ4n) is 3.53. The fourth-order valence-corrected chi connectivity index (χ4v) is 4.17. The zero-order valence-electron chi connectivity index (χ0n) is 17.2. The number of para-hydroxylation sites is 2. The number of carbonyl (C=O) groups is 1. The number of hydrogen-bond donors (Lipinski definition) is 1. The minimum absolute atomic E-state index is 0.0995. The van der Waals surface area contributed by atoms with Crippen LogP contribution in [0, 0.1) is 0 Å². The first-order chi connectivity index (χ1) is 15.4. The van der Waals surface area contributed by atoms with Gasteiger partial charge in [0.15, 0.2) is 5.78 Å². The number of pyridine rings is 1. The molecule has 0 aliphatic carbocycles. The van der Waals surface area contributed by atoms with Crippen molar-refractivity contribution in [2.45, 2.75) is 24.5 Å². The number of hydrogen-bond acceptors (Lipinski definition) is 5. The van der Waals surface area contributed by atoms with Crippen LogP contribution in [-0.4, -0.2) is 16.5 Å². The van der Waals surface area contributed by atoms with Crippen LogP contribution in [0.5, 0.6) is 0 Å². The molecule has 32 heavy (non-hydrogen) atoms. The second-order valence-corrected chi connectivity index (χ2v) is 8.36. The Morgan fingerprint density at radius 3 is 2.34 bits per heavy atom. The van der Waals surface area contributed by atoms with Crippen LogP contribution in [0.2, 0.25) is 0 Å². The molecule has 0 saturated heterocycles. The summed E-state index contributed by atoms with van der Waals surface area (Å²) in [6.45, 7) is 1.85. The lowest BCUT2D eigenvalue weighted by Crippen LogP contribution is -2.25. The van der Waals surface area contributed by atoms with Gasteiger partial charge in [0.25, 0.3) is 0 Å². The van der Waals surface area contributed by atoms with E-state index in [0.29, 0.717) is 22.9 Å². The molecule has 0 radical (unpaired) electrons. The average Bonchev–Trinajstić information content (AvgIpc) is 2.89. The van der Waals surface area contributed by atoms with Gasteiger partial charge in [-0.05, 0) is 36.1 Å². The van der Waals surface area contributed by atoms with Gasteiger partial charge in [-0.25, -0.2) is 4.98 Å². The van der Waals surface area contributed by atoms with Gasteiger partial charge in [-0.3, -0.25) is 9.69 Å². The molecule has 0 spiro atoms. The molecule has 2 heterocycles. The van der Waals surface area contributed by atoms with E-state index in [1.807, 2.05) is 43.3 Å². The number of allylic oxidation sites excluding steroid dienone is 1. The van der Waals surface area contributed by atoms with E-state index in [1.165, 1.54) is 17.8 Å². The van der Waals surface area contributed by atoms with Crippen molar-refractivity contribution in [3.63, 3.8) is 0 Å². The Labute approximate surface area is 188 Å². The summed E-state index contributed by atoms with van der Waals surface area (Å²) in [6, 6.07) is 19.1. The van der Waals surface area contributed by atoms with Crippen LogP contribution < -0.4 is 10.2 Å². The molecule has 0 unspecified atom stereocenters. The van der Waals surface area contributed by atoms with Crippen LogP contribution in [-0.2, 0) is 17.4 Å². The number of fused-ring (bicyclic) bond motifs is 1. The van der Waals surface area contributed by atoms with Crippen molar-refractivity contribution in [2.75, 3.05) is 16.0 Å². The molecule has 3 aromatic rings. The topological polar surface area (TPSA) is 45.2 Å². The van der Waals surface area contributed by atoms with Crippen LogP contribution >= 0.6 is 11.8 Å². The number of carbonyl (C=O) groups excluding carboxylic acids is 1. The summed E-state index contributed by atoms with van der Waals surface area (Å²) in [4.78, 5) is 18.9. The third-order valence-electron chi connectivity index (χ3n) is 4.84. The first-order valence-electron chi connectivity index (χ1n) is 10.0. The third-order valence-corrected chi connectivity index (χ3v) is 5.63. The van der Waals surface area contributed by atoms with Crippen molar-refractivity contribution in [3.05, 3.63) is 89.8 Å². The lowest BCUT2D eigenvalue weighted by atomic mass is 10.0. The predicted molar refractivity (Wildman–Crippen MR) is 121 cm³/mol. The van der Waals surface area contributed by atoms with Gasteiger partial charge < -0.3 is 5.32 Å². The van der Waals surface area contributed by atoms with Crippen LogP contribution in [0.1, 0.15) is 18.1 Å². The highest BCUT2D eigenvalue weighted by Crippen LogP contribution is 2.42. The Bertz CT molecular complexity index is 1150. The van der Waals surface area contributed by atoms with Gasteiger partial charge in [-0.15, -0.1) is 11.8 Å². The maximum atomic E-state index is 14.0. The number of alkyl halides is 3. The SMILES string of the molecule is CCSc1cc(C(F)(F)F)c2c(n1)N(c1ccccc1)C(Nc1ccccc1)=CC(=O)C2. The summed E-state index contributed by atoms with van der Waals surface area (Å²) in [5.74, 6) is 0.567. The van der Waals surface area contributed by atoms with Crippen LogP contribution in [0.4, 0.5) is 30.4 Å². The minimum atomic E-state index is -4.62. The van der Waals surface area contributed by atoms with E-state index in [9.17, 15) is 18.0 Å². The van der Waals surface area contributed by atoms with E-state index in [0.717, 1.165) is 6.07 Å². The second kappa shape index (κ2) is 9.08. The molecule has 0 saturated carbocycles. The van der Waals surface area contributed by atoms with Crippen LogP contribution in [0.3, 0.4) is 0 Å². The Kier molecular flexibility index (Phi) is 6.23. The van der Waals surface area contributed by atoms with Gasteiger partial charge in [0.2, 0.25) is 0 Å². The van der Waals surface area contributed by atoms with Gasteiger partial charge in [0.05, 0.1) is 10.6 Å². The maximum Gasteiger partial charge on any atom is 0.416 e. The number of anilines is 3. The first-order valence-corrected chi connectivity index (χ1v) is 11.0. The molecule has 1 aliphatic rings. The molecular formula is C24H20F3N3OS. The molecule has 8 heteroatoms. The molecule has 4 nitrogen and oxygen atoms in total. The number of thioether (sulfide) groups is 1. The maximum absolute atomic E-state index is 14.0. The third kappa shape index (κ3) is 4.65. The van der Waals surface area contributed by atoms with Crippen LogP contribution in [0.25, 0.3) is 0 Å². The van der Waals surface area contributed by atoms with Crippen molar-refractivity contribution < 1.29 is 18.0 Å². The molecule has 0 amide bonds. The normalized spacial score (nSPS) is 13.9. The number of aromatic nitrogens is 1. The zero-order valence-corrected chi connectivity index (χ0v) is 18.0. The zero-order chi connectivity index (χ0) is 22.7. The van der Waals surface area contributed by atoms with E-state index in [-0.39, 0.29) is 16.4 Å². The molecule has 0 bridgehead atoms. The average molecular weight is 456 g/mol. The van der Waals surface area contributed by atoms with Gasteiger partial charge in [0.1, 0.15) is 11.6 Å². The minimum Gasteiger partial charge on any atom is -0.341 e. The lowest BCUT2D eigenvalue weighted by molar-refractivity contribution is -0.138. The molecule has 0 fully saturated rings. The highest BCUT2D eigenvalue weighted by molar-refractivity contribution is 7.99. The van der Waals surface area contributed by atoms with Gasteiger partial charge in [-0.2, -0.15) is 13.2 Å². The number of nitrogens with one attached hydrogen (secondary N) is 1. The number of ketones is 1. The summed E-state index contributed by atoms with van der Waals surface area (Å²) in [5, 5.41) is 3.45. The molecule has 4 rings (SSSR count). The Morgan fingerprint density at radius 2 is 1.72 bits per heavy atom. The second-order valence-electron chi connectivity index (χ2n) is 7.08. The molecule has 0 atom stereocenters. The summed E-state index contributed by atoms with van der Waals surface area (Å²) in [6.07, 6.45) is -3.66. The highest BCUT2D eigenvalue weighted by atomic mass is 32.2. The van der Waals surface area contributed by atoms with E-state index >= 15 is 0 Å². The van der Waals surface area contributed by atoms with Crippen molar-refractivity contribution in [1.82, 2.24) is 4.98 Å². The summed E-state index contributed by atoms with van der Waals surface area (Å²) < 4.78 is 42.1. The van der Waals surface area contributed by atoms with E-state index in [4.69, 9.17) is 0 Å². The Morgan fingerprint density at radius 1 is 1.06 bits per heavy atom. The summed E-state index contributed by atoms with van der Waals surface area (Å²) >= 11 is 1.23. The standard InChI is InChI=1S/C24H20F3N3OS/c1-2-32-22-15-20(24(25,26)27)19-13-18(31)14-21(28-16-9-5-3-6-10-16)30(23(19)29-22)17-11-7-4-8-12-17/h3-12,14-15,28H,2,13H2,1H3. The molecule has 164 valence electrons. The highest BCUT2D eigenvalue weighted by Gasteiger charge is 2.38. The summed E-state index contributed by atoms with van der Waals surface area (Å²) in [5.41, 5.74) is 0.332. The van der Waals surface area contributed by atoms with Gasteiger partial charge in [0, 0.05) is 29.4 Å². The fraction of sp³-hybridized carbons (Fsp3) is 0.167. The first kappa shape index (κ1) is 22.0. The largest absolute Gasteiger partial charge is 0.416 e. The van der Waals surface area contributed by atoms with E-state index in [2.05, 4.69) is 10.3 Å². The number of benzene rings is 2. The van der Waals surface area contributed by atoms with Crippen LogP contribution in [0.15, 0.2) is 83.7 Å². The van der Waals surface area contributed by atoms with Crippen molar-refractivity contribution in [2.24, 2.45) is 0 Å². The molecule has 1 aliphatic heterocycles. The number of rotatable bonds is 5. The van der Waals surface area contributed by atoms with Crippen molar-refractivity contribution >= 4 is 34.7 Å². The predicted octanol–water partition coefficient (Wildman–Crippen LogP) is 6.43. The van der Waals surface area contributed by atoms with Gasteiger partial charge in [-0.1, -0.05) is 43.3 Å². The smallest absolute Gasteiger partial charge is 0.341 e. The van der Waals surface area contributed by atoms with Gasteiger partial charge >= 0.3 is 6.18 Å². The van der Waals surface area contributed by atoms with Crippen molar-refractivity contribution in [3.8, 4) is 0 Å². The Hall–Kier alpha value is -3.26. The Balaban J connectivity index is 1.96. The van der Waals surface area contributed by atoms with E-state index < -0.39 is 23.9 Å². The van der Waals surface area contributed by atoms with Crippen molar-refractivity contribution in [1.29, 1.82) is 0 Å². The molecule has 1 N–H and O–H groups in total. The molecule has 2 aromatic carbocycles. The molecular weight excluding hydrogens is 435 g/mol. The number of halogens is 3. The monoisotopic (exact) mass is 455 g/mol. The number of nitrogens with zero attached hydrogens (tertiary/aromatic N) is 2. The molecule has 1 aromatic heterocycles. The quantitative estimate of drug-likeness (QED) is 0.449.